The number of hydrogen-bond donors (Lipinski definition) is 2. The van der Waals surface area contributed by atoms with Gasteiger partial charge in [-0.05, 0) is 67.4 Å². The number of benzene rings is 3. The molecule has 0 aliphatic heterocycles. The zero-order chi connectivity index (χ0) is 26.6. The molecule has 0 saturated heterocycles. The normalized spacial score (nSPS) is 11.2. The third-order valence-corrected chi connectivity index (χ3v) is 8.90. The monoisotopic (exact) mass is 536 g/mol. The predicted molar refractivity (Wildman–Crippen MR) is 147 cm³/mol. The Balaban J connectivity index is 1.84. The van der Waals surface area contributed by atoms with Gasteiger partial charge in [0.15, 0.2) is 0 Å². The molecule has 4 rings (SSSR count). The Kier molecular flexibility index (Phi) is 7.85. The number of carbonyl (C=O) groups excluding carboxylic acids is 1. The van der Waals surface area contributed by atoms with Gasteiger partial charge in [-0.1, -0.05) is 31.2 Å². The second-order valence-electron chi connectivity index (χ2n) is 8.12. The summed E-state index contributed by atoms with van der Waals surface area (Å²) in [7, 11) is -2.54. The largest absolute Gasteiger partial charge is 0.495 e. The molecule has 3 N–H and O–H groups in total. The lowest BCUT2D eigenvalue weighted by Gasteiger charge is -2.12. The van der Waals surface area contributed by atoms with Gasteiger partial charge in [0, 0.05) is 5.56 Å². The molecule has 0 bridgehead atoms. The summed E-state index contributed by atoms with van der Waals surface area (Å²) in [4.78, 5) is 13.6. The van der Waals surface area contributed by atoms with Crippen molar-refractivity contribution in [3.05, 3.63) is 88.8 Å². The summed E-state index contributed by atoms with van der Waals surface area (Å²) in [6.07, 6.45) is 0.780. The van der Waals surface area contributed by atoms with E-state index in [0.717, 1.165) is 23.3 Å². The molecule has 0 saturated carbocycles. The number of carbonyl (C=O) groups is 1. The summed E-state index contributed by atoms with van der Waals surface area (Å²) in [5, 5.41) is 3.38. The van der Waals surface area contributed by atoms with Crippen molar-refractivity contribution in [2.75, 3.05) is 24.8 Å². The minimum atomic E-state index is -4.06. The fourth-order valence-corrected chi connectivity index (χ4v) is 6.77. The highest BCUT2D eigenvalue weighted by Crippen LogP contribution is 2.45. The number of anilines is 3. The molecule has 4 aromatic rings. The number of aryl methyl sites for hydroxylation is 1. The molecular formula is C28H28N2O5S2. The van der Waals surface area contributed by atoms with Crippen LogP contribution in [-0.2, 0) is 16.3 Å². The van der Waals surface area contributed by atoms with E-state index < -0.39 is 9.84 Å². The van der Waals surface area contributed by atoms with Crippen molar-refractivity contribution in [3.8, 4) is 11.5 Å². The van der Waals surface area contributed by atoms with Gasteiger partial charge in [0.2, 0.25) is 15.6 Å². The van der Waals surface area contributed by atoms with E-state index in [-0.39, 0.29) is 31.1 Å². The van der Waals surface area contributed by atoms with Crippen LogP contribution < -0.4 is 20.5 Å². The highest BCUT2D eigenvalue weighted by Gasteiger charge is 2.32. The Labute approximate surface area is 220 Å². The molecule has 0 aliphatic carbocycles. The number of methoxy groups -OCH3 is 1. The van der Waals surface area contributed by atoms with Gasteiger partial charge in [-0.2, -0.15) is 0 Å². The molecule has 1 heterocycles. The Morgan fingerprint density at radius 1 is 0.973 bits per heavy atom. The van der Waals surface area contributed by atoms with Gasteiger partial charge in [-0.15, -0.1) is 11.3 Å². The lowest BCUT2D eigenvalue weighted by molar-refractivity contribution is 0.104. The van der Waals surface area contributed by atoms with Crippen LogP contribution in [0.25, 0.3) is 0 Å². The van der Waals surface area contributed by atoms with Gasteiger partial charge < -0.3 is 20.5 Å². The Hall–Kier alpha value is -3.82. The third kappa shape index (κ3) is 5.33. The molecule has 0 unspecified atom stereocenters. The molecule has 0 spiro atoms. The number of ketones is 1. The number of hydrogen-bond acceptors (Lipinski definition) is 8. The topological polar surface area (TPSA) is 108 Å². The number of nitrogens with one attached hydrogen (secondary N) is 1. The molecule has 37 heavy (non-hydrogen) atoms. The maximum atomic E-state index is 13.8. The van der Waals surface area contributed by atoms with Crippen LogP contribution in [0.5, 0.6) is 11.5 Å². The number of thiophene rings is 1. The summed E-state index contributed by atoms with van der Waals surface area (Å²) in [5.41, 5.74) is 8.27. The third-order valence-electron chi connectivity index (χ3n) is 5.80. The number of nitrogen functional groups attached to an aromatic ring is 1. The van der Waals surface area contributed by atoms with Gasteiger partial charge in [0.05, 0.1) is 30.0 Å². The lowest BCUT2D eigenvalue weighted by Crippen LogP contribution is -2.08. The first-order valence-corrected chi connectivity index (χ1v) is 14.0. The van der Waals surface area contributed by atoms with Crippen molar-refractivity contribution >= 4 is 43.3 Å². The Bertz CT molecular complexity index is 1510. The fraction of sp³-hybridized carbons (Fsp3) is 0.179. The van der Waals surface area contributed by atoms with Gasteiger partial charge in [0.1, 0.15) is 26.3 Å². The molecule has 7 nitrogen and oxygen atoms in total. The van der Waals surface area contributed by atoms with E-state index in [1.165, 1.54) is 7.11 Å². The zero-order valence-corrected chi connectivity index (χ0v) is 22.4. The summed E-state index contributed by atoms with van der Waals surface area (Å²) in [6, 6.07) is 20.4. The first-order valence-electron chi connectivity index (χ1n) is 11.7. The van der Waals surface area contributed by atoms with E-state index in [1.807, 2.05) is 13.8 Å². The highest BCUT2D eigenvalue weighted by atomic mass is 32.2. The van der Waals surface area contributed by atoms with Crippen LogP contribution in [0, 0.1) is 0 Å². The van der Waals surface area contributed by atoms with Gasteiger partial charge in [0.25, 0.3) is 0 Å². The standard InChI is InChI=1S/C28H28N2O5S2/c1-4-18-10-16-21(17-11-18)37(32,33)27-24(29)26(25(31)19-12-14-20(15-13-19)35-5-2)36-28(27)30-22-8-6-7-9-23(22)34-3/h6-17,30H,4-5,29H2,1-3H3. The van der Waals surface area contributed by atoms with Crippen molar-refractivity contribution < 1.29 is 22.7 Å². The highest BCUT2D eigenvalue weighted by molar-refractivity contribution is 7.92. The van der Waals surface area contributed by atoms with E-state index in [4.69, 9.17) is 15.2 Å². The molecule has 0 amide bonds. The van der Waals surface area contributed by atoms with Crippen LogP contribution in [0.3, 0.4) is 0 Å². The molecule has 0 aliphatic rings. The van der Waals surface area contributed by atoms with Crippen LogP contribution >= 0.6 is 11.3 Å². The average Bonchev–Trinajstić information content (AvgIpc) is 3.25. The molecule has 1 aromatic heterocycles. The summed E-state index contributed by atoms with van der Waals surface area (Å²) < 4.78 is 38.6. The fourth-order valence-electron chi connectivity index (χ4n) is 3.84. The van der Waals surface area contributed by atoms with Crippen LogP contribution in [-0.4, -0.2) is 27.9 Å². The molecule has 0 fully saturated rings. The number of ether oxygens (including phenoxy) is 2. The lowest BCUT2D eigenvalue weighted by atomic mass is 10.1. The molecule has 0 atom stereocenters. The molecular weight excluding hydrogens is 508 g/mol. The second kappa shape index (κ2) is 11.1. The smallest absolute Gasteiger partial charge is 0.211 e. The number of nitrogens with two attached hydrogens (primary N) is 1. The molecule has 192 valence electrons. The minimum Gasteiger partial charge on any atom is -0.495 e. The number of para-hydroxylation sites is 2. The van der Waals surface area contributed by atoms with E-state index >= 15 is 0 Å². The second-order valence-corrected chi connectivity index (χ2v) is 11.0. The van der Waals surface area contributed by atoms with E-state index in [9.17, 15) is 13.2 Å². The Morgan fingerprint density at radius 2 is 1.65 bits per heavy atom. The van der Waals surface area contributed by atoms with Crippen LogP contribution in [0.4, 0.5) is 16.4 Å². The summed E-state index contributed by atoms with van der Waals surface area (Å²) >= 11 is 0.995. The quantitative estimate of drug-likeness (QED) is 0.236. The van der Waals surface area contributed by atoms with E-state index in [1.54, 1.807) is 72.8 Å². The van der Waals surface area contributed by atoms with E-state index in [2.05, 4.69) is 5.32 Å². The zero-order valence-electron chi connectivity index (χ0n) is 20.8. The van der Waals surface area contributed by atoms with Crippen LogP contribution in [0.2, 0.25) is 0 Å². The first kappa shape index (κ1) is 26.2. The molecule has 0 radical (unpaired) electrons. The van der Waals surface area contributed by atoms with Crippen molar-refractivity contribution in [2.24, 2.45) is 0 Å². The maximum Gasteiger partial charge on any atom is 0.211 e. The van der Waals surface area contributed by atoms with Crippen LogP contribution in [0.1, 0.15) is 34.6 Å². The van der Waals surface area contributed by atoms with Crippen molar-refractivity contribution in [3.63, 3.8) is 0 Å². The predicted octanol–water partition coefficient (Wildman–Crippen LogP) is 6.11. The van der Waals surface area contributed by atoms with Crippen molar-refractivity contribution in [2.45, 2.75) is 30.1 Å². The van der Waals surface area contributed by atoms with Gasteiger partial charge >= 0.3 is 0 Å². The molecule has 3 aromatic carbocycles. The van der Waals surface area contributed by atoms with Gasteiger partial charge in [-0.25, -0.2) is 8.42 Å². The number of rotatable bonds is 10. The van der Waals surface area contributed by atoms with Gasteiger partial charge in [-0.3, -0.25) is 4.79 Å². The number of sulfone groups is 1. The van der Waals surface area contributed by atoms with E-state index in [0.29, 0.717) is 29.4 Å². The molecule has 9 heteroatoms. The maximum absolute atomic E-state index is 13.8. The summed E-state index contributed by atoms with van der Waals surface area (Å²) in [5.74, 6) is 0.774. The SMILES string of the molecule is CCOc1ccc(C(=O)c2sc(Nc3ccccc3OC)c(S(=O)(=O)c3ccc(CC)cc3)c2N)cc1. The minimum absolute atomic E-state index is 0.0948. The van der Waals surface area contributed by atoms with Crippen LogP contribution in [0.15, 0.2) is 82.6 Å². The van der Waals surface area contributed by atoms with Crippen molar-refractivity contribution in [1.82, 2.24) is 0 Å². The summed E-state index contributed by atoms with van der Waals surface area (Å²) in [6.45, 7) is 4.37. The first-order chi connectivity index (χ1) is 17.8. The van der Waals surface area contributed by atoms with Crippen molar-refractivity contribution in [1.29, 1.82) is 0 Å². The average molecular weight is 537 g/mol. The Morgan fingerprint density at radius 3 is 2.27 bits per heavy atom.